The van der Waals surface area contributed by atoms with Gasteiger partial charge in [-0.05, 0) is 60.5 Å². The number of para-hydroxylation sites is 1. The Labute approximate surface area is 215 Å². The Morgan fingerprint density at radius 1 is 1.08 bits per heavy atom. The Hall–Kier alpha value is -3.96. The van der Waals surface area contributed by atoms with Crippen LogP contribution in [0.25, 0.3) is 10.9 Å². The Balaban J connectivity index is 1.33. The van der Waals surface area contributed by atoms with Crippen LogP contribution in [0.3, 0.4) is 0 Å². The van der Waals surface area contributed by atoms with E-state index in [9.17, 15) is 27.2 Å². The van der Waals surface area contributed by atoms with Gasteiger partial charge < -0.3 is 4.90 Å². The lowest BCUT2D eigenvalue weighted by Crippen LogP contribution is -2.34. The Morgan fingerprint density at radius 3 is 2.65 bits per heavy atom. The molecule has 0 aliphatic carbocycles. The molecule has 0 atom stereocenters. The van der Waals surface area contributed by atoms with Crippen molar-refractivity contribution >= 4 is 49.8 Å². The predicted octanol–water partition coefficient (Wildman–Crippen LogP) is 3.26. The fraction of sp³-hybridized carbons (Fsp3) is 0.160. The molecule has 0 saturated carbocycles. The number of aryl methyl sites for hydroxylation is 1. The molecule has 0 fully saturated rings. The van der Waals surface area contributed by atoms with Crippen molar-refractivity contribution in [2.75, 3.05) is 16.2 Å². The number of amides is 1. The number of halogens is 2. The summed E-state index contributed by atoms with van der Waals surface area (Å²) < 4.78 is 43.2. The summed E-state index contributed by atoms with van der Waals surface area (Å²) >= 11 is 5.71. The van der Waals surface area contributed by atoms with Crippen LogP contribution in [0.2, 0.25) is 5.02 Å². The van der Waals surface area contributed by atoms with Crippen molar-refractivity contribution in [2.24, 2.45) is 0 Å². The minimum Gasteiger partial charge on any atom is -0.312 e. The highest BCUT2D eigenvalue weighted by Crippen LogP contribution is 2.32. The first-order chi connectivity index (χ1) is 17.6. The van der Waals surface area contributed by atoms with Gasteiger partial charge in [0, 0.05) is 35.9 Å². The molecule has 5 rings (SSSR count). The van der Waals surface area contributed by atoms with E-state index in [1.165, 1.54) is 16.7 Å². The molecule has 2 heterocycles. The maximum atomic E-state index is 14.1. The molecule has 0 unspecified atom stereocenters. The number of hydrogen-bond donors (Lipinski definition) is 2. The zero-order valence-corrected chi connectivity index (χ0v) is 20.8. The van der Waals surface area contributed by atoms with Crippen molar-refractivity contribution in [3.05, 3.63) is 97.9 Å². The lowest BCUT2D eigenvalue weighted by atomic mass is 10.1. The van der Waals surface area contributed by atoms with Crippen LogP contribution in [0.4, 0.5) is 15.8 Å². The molecule has 1 aliphatic heterocycles. The van der Waals surface area contributed by atoms with E-state index >= 15 is 0 Å². The van der Waals surface area contributed by atoms with Gasteiger partial charge in [-0.15, -0.1) is 0 Å². The second-order valence-electron chi connectivity index (χ2n) is 8.50. The second-order valence-corrected chi connectivity index (χ2v) is 10.6. The summed E-state index contributed by atoms with van der Waals surface area (Å²) in [6.45, 7) is 0.461. The standard InChI is InChI=1S/C25H20ClFN4O5S/c26-16-5-8-22(19(27)14-16)37(35,36)29-17-6-7-20-15(13-17)9-11-30(20)23(32)10-12-31-21-4-2-1-3-18(21)24(33)28-25(31)34/h1-8,13-14,29H,9-12H2,(H,28,33,34). The monoisotopic (exact) mass is 542 g/mol. The molecule has 190 valence electrons. The lowest BCUT2D eigenvalue weighted by molar-refractivity contribution is -0.118. The number of rotatable bonds is 6. The van der Waals surface area contributed by atoms with E-state index in [2.05, 4.69) is 9.71 Å². The van der Waals surface area contributed by atoms with Crippen molar-refractivity contribution in [2.45, 2.75) is 24.3 Å². The minimum absolute atomic E-state index is 0.0135. The number of carbonyl (C=O) groups is 1. The van der Waals surface area contributed by atoms with Gasteiger partial charge in [0.25, 0.3) is 15.6 Å². The van der Waals surface area contributed by atoms with E-state index in [0.717, 1.165) is 17.7 Å². The number of anilines is 2. The van der Waals surface area contributed by atoms with Crippen LogP contribution in [0.15, 0.2) is 75.1 Å². The highest BCUT2D eigenvalue weighted by atomic mass is 35.5. The molecule has 0 radical (unpaired) electrons. The summed E-state index contributed by atoms with van der Waals surface area (Å²) in [7, 11) is -4.19. The molecule has 2 N–H and O–H groups in total. The van der Waals surface area contributed by atoms with Gasteiger partial charge in [0.05, 0.1) is 10.9 Å². The van der Waals surface area contributed by atoms with Crippen molar-refractivity contribution in [1.29, 1.82) is 0 Å². The van der Waals surface area contributed by atoms with Crippen molar-refractivity contribution in [3.8, 4) is 0 Å². The molecule has 0 bridgehead atoms. The van der Waals surface area contributed by atoms with E-state index < -0.39 is 32.0 Å². The van der Waals surface area contributed by atoms with Gasteiger partial charge in [0.2, 0.25) is 5.91 Å². The topological polar surface area (TPSA) is 121 Å². The third kappa shape index (κ3) is 4.75. The fourth-order valence-corrected chi connectivity index (χ4v) is 5.70. The minimum atomic E-state index is -4.19. The van der Waals surface area contributed by atoms with Crippen LogP contribution in [-0.2, 0) is 27.8 Å². The summed E-state index contributed by atoms with van der Waals surface area (Å²) in [6, 6.07) is 14.7. The van der Waals surface area contributed by atoms with Gasteiger partial charge >= 0.3 is 5.69 Å². The quantitative estimate of drug-likeness (QED) is 0.387. The lowest BCUT2D eigenvalue weighted by Gasteiger charge is -2.18. The first-order valence-electron chi connectivity index (χ1n) is 11.3. The van der Waals surface area contributed by atoms with Gasteiger partial charge in [-0.1, -0.05) is 23.7 Å². The number of aromatic nitrogens is 2. The molecular formula is C25H20ClFN4O5S. The molecule has 1 amide bonds. The van der Waals surface area contributed by atoms with Crippen LogP contribution >= 0.6 is 11.6 Å². The third-order valence-corrected chi connectivity index (χ3v) is 7.82. The molecule has 9 nitrogen and oxygen atoms in total. The summed E-state index contributed by atoms with van der Waals surface area (Å²) in [4.78, 5) is 40.8. The number of sulfonamides is 1. The maximum absolute atomic E-state index is 14.1. The van der Waals surface area contributed by atoms with Crippen LogP contribution in [0.5, 0.6) is 0 Å². The third-order valence-electron chi connectivity index (χ3n) is 6.17. The van der Waals surface area contributed by atoms with E-state index in [0.29, 0.717) is 29.6 Å². The molecule has 1 aliphatic rings. The highest BCUT2D eigenvalue weighted by molar-refractivity contribution is 7.92. The van der Waals surface area contributed by atoms with E-state index in [1.54, 1.807) is 41.3 Å². The number of carbonyl (C=O) groups excluding carboxylic acids is 1. The Morgan fingerprint density at radius 2 is 1.86 bits per heavy atom. The molecular weight excluding hydrogens is 523 g/mol. The van der Waals surface area contributed by atoms with Crippen molar-refractivity contribution in [3.63, 3.8) is 0 Å². The Kier molecular flexibility index (Phi) is 6.34. The van der Waals surface area contributed by atoms with Gasteiger partial charge in [-0.25, -0.2) is 17.6 Å². The van der Waals surface area contributed by atoms with Crippen LogP contribution in [0.1, 0.15) is 12.0 Å². The summed E-state index contributed by atoms with van der Waals surface area (Å²) in [5, 5.41) is 0.437. The largest absolute Gasteiger partial charge is 0.328 e. The zero-order chi connectivity index (χ0) is 26.3. The predicted molar refractivity (Wildman–Crippen MR) is 138 cm³/mol. The smallest absolute Gasteiger partial charge is 0.312 e. The van der Waals surface area contributed by atoms with Crippen molar-refractivity contribution in [1.82, 2.24) is 9.55 Å². The average molecular weight is 543 g/mol. The number of benzene rings is 3. The normalized spacial score (nSPS) is 13.1. The number of H-pyrrole nitrogens is 1. The summed E-state index contributed by atoms with van der Waals surface area (Å²) in [5.74, 6) is -1.19. The van der Waals surface area contributed by atoms with Gasteiger partial charge in [-0.3, -0.25) is 23.9 Å². The number of nitrogens with zero attached hydrogens (tertiary/aromatic N) is 2. The molecule has 0 saturated heterocycles. The van der Waals surface area contributed by atoms with Crippen LogP contribution < -0.4 is 20.9 Å². The van der Waals surface area contributed by atoms with Crippen LogP contribution in [0, 0.1) is 5.82 Å². The van der Waals surface area contributed by atoms with Crippen molar-refractivity contribution < 1.29 is 17.6 Å². The summed E-state index contributed by atoms with van der Waals surface area (Å²) in [6.07, 6.45) is 0.507. The van der Waals surface area contributed by atoms with Crippen LogP contribution in [-0.4, -0.2) is 30.4 Å². The van der Waals surface area contributed by atoms with E-state index in [4.69, 9.17) is 11.6 Å². The maximum Gasteiger partial charge on any atom is 0.328 e. The number of fused-ring (bicyclic) bond motifs is 2. The molecule has 1 aromatic heterocycles. The molecule has 37 heavy (non-hydrogen) atoms. The van der Waals surface area contributed by atoms with E-state index in [-0.39, 0.29) is 29.6 Å². The SMILES string of the molecule is O=C(CCn1c(=O)[nH]c(=O)c2ccccc21)N1CCc2cc(NS(=O)(=O)c3ccc(Cl)cc3F)ccc21. The number of nitrogens with one attached hydrogen (secondary N) is 2. The molecule has 12 heteroatoms. The first-order valence-corrected chi connectivity index (χ1v) is 13.1. The molecule has 4 aromatic rings. The van der Waals surface area contributed by atoms with Gasteiger partial charge in [0.1, 0.15) is 10.7 Å². The van der Waals surface area contributed by atoms with Gasteiger partial charge in [-0.2, -0.15) is 0 Å². The summed E-state index contributed by atoms with van der Waals surface area (Å²) in [5.41, 5.74) is 0.976. The number of aromatic amines is 1. The molecule has 3 aromatic carbocycles. The number of hydrogen-bond acceptors (Lipinski definition) is 5. The Bertz CT molecular complexity index is 1780. The zero-order valence-electron chi connectivity index (χ0n) is 19.2. The molecule has 0 spiro atoms. The first kappa shape index (κ1) is 24.7. The average Bonchev–Trinajstić information content (AvgIpc) is 3.26. The van der Waals surface area contributed by atoms with E-state index in [1.807, 2.05) is 0 Å². The van der Waals surface area contributed by atoms with Gasteiger partial charge in [0.15, 0.2) is 0 Å². The highest BCUT2D eigenvalue weighted by Gasteiger charge is 2.26. The second kappa shape index (κ2) is 9.49. The fourth-order valence-electron chi connectivity index (χ4n) is 4.43.